The molecule has 0 aliphatic heterocycles. The molecule has 2 rings (SSSR count). The van der Waals surface area contributed by atoms with Crippen LogP contribution in [-0.2, 0) is 12.8 Å². The van der Waals surface area contributed by atoms with Crippen LogP contribution in [-0.4, -0.2) is 14.2 Å². The lowest BCUT2D eigenvalue weighted by molar-refractivity contribution is 0.305. The zero-order valence-electron chi connectivity index (χ0n) is 11.2. The minimum absolute atomic E-state index is 0.767. The van der Waals surface area contributed by atoms with E-state index in [1.165, 1.54) is 17.5 Å². The SMILES string of the molecule is CC[C@@H]1Cc2c(ccc(OC)c2OC)C[C@H]1C. The second-order valence-corrected chi connectivity index (χ2v) is 4.99. The van der Waals surface area contributed by atoms with Crippen molar-refractivity contribution in [3.63, 3.8) is 0 Å². The Labute approximate surface area is 104 Å². The van der Waals surface area contributed by atoms with E-state index >= 15 is 0 Å². The number of ether oxygens (including phenoxy) is 2. The van der Waals surface area contributed by atoms with Gasteiger partial charge in [-0.05, 0) is 36.3 Å². The fourth-order valence-corrected chi connectivity index (χ4v) is 2.97. The normalized spacial score (nSPS) is 23.1. The molecule has 0 fully saturated rings. The second kappa shape index (κ2) is 4.99. The van der Waals surface area contributed by atoms with Crippen molar-refractivity contribution in [2.24, 2.45) is 11.8 Å². The maximum atomic E-state index is 5.54. The minimum Gasteiger partial charge on any atom is -0.493 e. The monoisotopic (exact) mass is 234 g/mol. The molecular weight excluding hydrogens is 212 g/mol. The van der Waals surface area contributed by atoms with E-state index in [2.05, 4.69) is 19.9 Å². The molecule has 0 amide bonds. The van der Waals surface area contributed by atoms with Crippen molar-refractivity contribution in [2.75, 3.05) is 14.2 Å². The van der Waals surface area contributed by atoms with Gasteiger partial charge in [0.1, 0.15) is 0 Å². The standard InChI is InChI=1S/C15H22O2/c1-5-11-9-13-12(8-10(11)2)6-7-14(16-3)15(13)17-4/h6-7,10-11H,5,8-9H2,1-4H3/t10-,11-/m1/s1. The molecule has 0 N–H and O–H groups in total. The Balaban J connectivity index is 2.44. The van der Waals surface area contributed by atoms with Crippen molar-refractivity contribution >= 4 is 0 Å². The predicted octanol–water partition coefficient (Wildman–Crippen LogP) is 3.46. The lowest BCUT2D eigenvalue weighted by atomic mass is 9.75. The molecule has 1 aliphatic rings. The summed E-state index contributed by atoms with van der Waals surface area (Å²) < 4.78 is 10.9. The molecule has 2 atom stereocenters. The summed E-state index contributed by atoms with van der Waals surface area (Å²) in [7, 11) is 3.43. The molecule has 0 radical (unpaired) electrons. The molecule has 0 spiro atoms. The van der Waals surface area contributed by atoms with Crippen molar-refractivity contribution in [3.05, 3.63) is 23.3 Å². The third kappa shape index (κ3) is 2.13. The summed E-state index contributed by atoms with van der Waals surface area (Å²) in [5.41, 5.74) is 2.79. The third-order valence-electron chi connectivity index (χ3n) is 4.08. The lowest BCUT2D eigenvalue weighted by Gasteiger charge is -2.31. The highest BCUT2D eigenvalue weighted by Gasteiger charge is 2.27. The molecule has 94 valence electrons. The van der Waals surface area contributed by atoms with Gasteiger partial charge in [-0.25, -0.2) is 0 Å². The Hall–Kier alpha value is -1.18. The van der Waals surface area contributed by atoms with Gasteiger partial charge in [0.2, 0.25) is 0 Å². The molecule has 2 nitrogen and oxygen atoms in total. The lowest BCUT2D eigenvalue weighted by Crippen LogP contribution is -2.23. The maximum absolute atomic E-state index is 5.54. The van der Waals surface area contributed by atoms with Gasteiger partial charge in [0.15, 0.2) is 11.5 Å². The fraction of sp³-hybridized carbons (Fsp3) is 0.600. The van der Waals surface area contributed by atoms with Crippen LogP contribution in [0.3, 0.4) is 0 Å². The van der Waals surface area contributed by atoms with Gasteiger partial charge in [0.25, 0.3) is 0 Å². The van der Waals surface area contributed by atoms with Crippen molar-refractivity contribution in [2.45, 2.75) is 33.1 Å². The number of hydrogen-bond acceptors (Lipinski definition) is 2. The Morgan fingerprint density at radius 3 is 2.53 bits per heavy atom. The molecule has 0 bridgehead atoms. The number of methoxy groups -OCH3 is 2. The van der Waals surface area contributed by atoms with Crippen molar-refractivity contribution in [1.82, 2.24) is 0 Å². The van der Waals surface area contributed by atoms with E-state index in [0.29, 0.717) is 0 Å². The molecule has 0 unspecified atom stereocenters. The maximum Gasteiger partial charge on any atom is 0.164 e. The molecule has 0 heterocycles. The van der Waals surface area contributed by atoms with E-state index in [-0.39, 0.29) is 0 Å². The second-order valence-electron chi connectivity index (χ2n) is 4.99. The Morgan fingerprint density at radius 2 is 1.94 bits per heavy atom. The van der Waals surface area contributed by atoms with Crippen LogP contribution < -0.4 is 9.47 Å². The largest absolute Gasteiger partial charge is 0.493 e. The third-order valence-corrected chi connectivity index (χ3v) is 4.08. The van der Waals surface area contributed by atoms with E-state index in [9.17, 15) is 0 Å². The first-order valence-corrected chi connectivity index (χ1v) is 6.44. The van der Waals surface area contributed by atoms with Crippen LogP contribution in [0.5, 0.6) is 11.5 Å². The Kier molecular flexibility index (Phi) is 3.60. The van der Waals surface area contributed by atoms with Gasteiger partial charge in [-0.3, -0.25) is 0 Å². The molecule has 1 aromatic rings. The Bertz CT molecular complexity index is 398. The van der Waals surface area contributed by atoms with Crippen LogP contribution in [0.1, 0.15) is 31.4 Å². The summed E-state index contributed by atoms with van der Waals surface area (Å²) in [4.78, 5) is 0. The number of fused-ring (bicyclic) bond motifs is 1. The Morgan fingerprint density at radius 1 is 1.18 bits per heavy atom. The van der Waals surface area contributed by atoms with Crippen LogP contribution in [0.25, 0.3) is 0 Å². The van der Waals surface area contributed by atoms with E-state index in [4.69, 9.17) is 9.47 Å². The highest BCUT2D eigenvalue weighted by atomic mass is 16.5. The summed E-state index contributed by atoms with van der Waals surface area (Å²) in [5, 5.41) is 0. The number of rotatable bonds is 3. The number of hydrogen-bond donors (Lipinski definition) is 0. The van der Waals surface area contributed by atoms with E-state index < -0.39 is 0 Å². The van der Waals surface area contributed by atoms with Gasteiger partial charge in [0.05, 0.1) is 14.2 Å². The molecule has 1 aromatic carbocycles. The van der Waals surface area contributed by atoms with Gasteiger partial charge >= 0.3 is 0 Å². The summed E-state index contributed by atoms with van der Waals surface area (Å²) >= 11 is 0. The smallest absolute Gasteiger partial charge is 0.164 e. The quantitative estimate of drug-likeness (QED) is 0.797. The first-order chi connectivity index (χ1) is 8.21. The molecule has 17 heavy (non-hydrogen) atoms. The van der Waals surface area contributed by atoms with E-state index in [0.717, 1.165) is 36.2 Å². The average molecular weight is 234 g/mol. The van der Waals surface area contributed by atoms with Crippen molar-refractivity contribution in [3.8, 4) is 11.5 Å². The van der Waals surface area contributed by atoms with Crippen molar-refractivity contribution < 1.29 is 9.47 Å². The molecule has 1 aliphatic carbocycles. The average Bonchev–Trinajstić information content (AvgIpc) is 2.36. The molecular formula is C15H22O2. The van der Waals surface area contributed by atoms with Gasteiger partial charge in [0, 0.05) is 5.56 Å². The molecule has 2 heteroatoms. The first-order valence-electron chi connectivity index (χ1n) is 6.44. The van der Waals surface area contributed by atoms with Crippen molar-refractivity contribution in [1.29, 1.82) is 0 Å². The first kappa shape index (κ1) is 12.3. The molecule has 0 aromatic heterocycles. The van der Waals surface area contributed by atoms with Gasteiger partial charge in [-0.2, -0.15) is 0 Å². The predicted molar refractivity (Wildman–Crippen MR) is 69.9 cm³/mol. The van der Waals surface area contributed by atoms with E-state index in [1.807, 2.05) is 6.07 Å². The minimum atomic E-state index is 0.767. The van der Waals surface area contributed by atoms with Gasteiger partial charge < -0.3 is 9.47 Å². The fourth-order valence-electron chi connectivity index (χ4n) is 2.97. The molecule has 0 saturated heterocycles. The van der Waals surface area contributed by atoms with Crippen LogP contribution in [0, 0.1) is 11.8 Å². The highest BCUT2D eigenvalue weighted by Crippen LogP contribution is 2.41. The van der Waals surface area contributed by atoms with Gasteiger partial charge in [-0.1, -0.05) is 26.3 Å². The zero-order valence-corrected chi connectivity index (χ0v) is 11.2. The molecule has 0 saturated carbocycles. The topological polar surface area (TPSA) is 18.5 Å². The van der Waals surface area contributed by atoms with Crippen LogP contribution >= 0.6 is 0 Å². The summed E-state index contributed by atoms with van der Waals surface area (Å²) in [6.45, 7) is 4.63. The van der Waals surface area contributed by atoms with Crippen LogP contribution in [0.4, 0.5) is 0 Å². The summed E-state index contributed by atoms with van der Waals surface area (Å²) in [6, 6.07) is 4.22. The summed E-state index contributed by atoms with van der Waals surface area (Å²) in [5.74, 6) is 3.33. The highest BCUT2D eigenvalue weighted by molar-refractivity contribution is 5.52. The van der Waals surface area contributed by atoms with E-state index in [1.54, 1.807) is 14.2 Å². The van der Waals surface area contributed by atoms with Crippen LogP contribution in [0.15, 0.2) is 12.1 Å². The van der Waals surface area contributed by atoms with Crippen LogP contribution in [0.2, 0.25) is 0 Å². The van der Waals surface area contributed by atoms with Gasteiger partial charge in [-0.15, -0.1) is 0 Å². The summed E-state index contributed by atoms with van der Waals surface area (Å²) in [6.07, 6.45) is 3.52. The number of benzene rings is 1. The zero-order chi connectivity index (χ0) is 12.4.